The van der Waals surface area contributed by atoms with E-state index in [0.717, 1.165) is 19.3 Å². The molecule has 2 rings (SSSR count). The van der Waals surface area contributed by atoms with E-state index >= 15 is 0 Å². The molecular weight excluding hydrogens is 292 g/mol. The van der Waals surface area contributed by atoms with E-state index in [2.05, 4.69) is 4.72 Å². The molecular formula is C14H20N2O4S. The van der Waals surface area contributed by atoms with Gasteiger partial charge >= 0.3 is 0 Å². The van der Waals surface area contributed by atoms with Crippen LogP contribution in [0.3, 0.4) is 0 Å². The standard InChI is InChI=1S/C14H20N2O4S/c1-11(14(18)16-9-5-2-6-10-16)15-21(19,20)13-8-4-3-7-12(13)17/h3-4,7-8,11,15,17H,2,5-6,9-10H2,1H3. The highest BCUT2D eigenvalue weighted by Crippen LogP contribution is 2.21. The highest BCUT2D eigenvalue weighted by Gasteiger charge is 2.27. The Kier molecular flexibility index (Phi) is 4.84. The summed E-state index contributed by atoms with van der Waals surface area (Å²) in [4.78, 5) is 13.7. The molecule has 1 fully saturated rings. The Morgan fingerprint density at radius 2 is 1.86 bits per heavy atom. The second kappa shape index (κ2) is 6.44. The molecule has 1 aliphatic rings. The third-order valence-electron chi connectivity index (χ3n) is 3.52. The number of hydrogen-bond acceptors (Lipinski definition) is 4. The minimum absolute atomic E-state index is 0.219. The molecule has 1 aliphatic heterocycles. The molecule has 116 valence electrons. The third kappa shape index (κ3) is 3.74. The summed E-state index contributed by atoms with van der Waals surface area (Å²) in [6.07, 6.45) is 3.00. The van der Waals surface area contributed by atoms with Crippen LogP contribution in [0.4, 0.5) is 0 Å². The molecule has 1 aromatic rings. The number of phenols is 1. The maximum atomic E-state index is 12.2. The SMILES string of the molecule is CC(NS(=O)(=O)c1ccccc1O)C(=O)N1CCCCC1. The summed E-state index contributed by atoms with van der Waals surface area (Å²) >= 11 is 0. The molecule has 6 nitrogen and oxygen atoms in total. The Morgan fingerprint density at radius 1 is 1.24 bits per heavy atom. The first-order valence-electron chi connectivity index (χ1n) is 7.01. The molecule has 1 amide bonds. The summed E-state index contributed by atoms with van der Waals surface area (Å²) in [5.74, 6) is -0.559. The van der Waals surface area contributed by atoms with Gasteiger partial charge in [-0.25, -0.2) is 8.42 Å². The van der Waals surface area contributed by atoms with Crippen LogP contribution in [-0.2, 0) is 14.8 Å². The Balaban J connectivity index is 2.09. The number of phenolic OH excluding ortho intramolecular Hbond substituents is 1. The lowest BCUT2D eigenvalue weighted by Gasteiger charge is -2.29. The number of aromatic hydroxyl groups is 1. The second-order valence-corrected chi connectivity index (χ2v) is 6.88. The lowest BCUT2D eigenvalue weighted by atomic mass is 10.1. The van der Waals surface area contributed by atoms with E-state index in [1.807, 2.05) is 0 Å². The lowest BCUT2D eigenvalue weighted by molar-refractivity contribution is -0.133. The summed E-state index contributed by atoms with van der Waals surface area (Å²) in [5, 5.41) is 9.63. The van der Waals surface area contributed by atoms with E-state index in [1.54, 1.807) is 4.90 Å². The number of likely N-dealkylation sites (tertiary alicyclic amines) is 1. The fraction of sp³-hybridized carbons (Fsp3) is 0.500. The molecule has 1 saturated heterocycles. The maximum absolute atomic E-state index is 12.2. The Labute approximate surface area is 124 Å². The fourth-order valence-corrected chi connectivity index (χ4v) is 3.71. The number of piperidine rings is 1. The largest absolute Gasteiger partial charge is 0.507 e. The van der Waals surface area contributed by atoms with E-state index in [0.29, 0.717) is 13.1 Å². The van der Waals surface area contributed by atoms with Gasteiger partial charge in [-0.3, -0.25) is 4.79 Å². The van der Waals surface area contributed by atoms with Crippen molar-refractivity contribution in [2.24, 2.45) is 0 Å². The summed E-state index contributed by atoms with van der Waals surface area (Å²) in [6, 6.07) is 4.80. The smallest absolute Gasteiger partial charge is 0.244 e. The minimum Gasteiger partial charge on any atom is -0.507 e. The number of sulfonamides is 1. The van der Waals surface area contributed by atoms with E-state index in [1.165, 1.54) is 31.2 Å². The first-order chi connectivity index (χ1) is 9.92. The molecule has 1 aromatic carbocycles. The monoisotopic (exact) mass is 312 g/mol. The first-order valence-corrected chi connectivity index (χ1v) is 8.49. The van der Waals surface area contributed by atoms with Gasteiger partial charge in [0.1, 0.15) is 10.6 Å². The average Bonchev–Trinajstić information content (AvgIpc) is 2.47. The number of amides is 1. The fourth-order valence-electron chi connectivity index (χ4n) is 2.42. The molecule has 1 unspecified atom stereocenters. The van der Waals surface area contributed by atoms with Crippen molar-refractivity contribution in [1.82, 2.24) is 9.62 Å². The molecule has 0 spiro atoms. The van der Waals surface area contributed by atoms with Crippen molar-refractivity contribution in [3.8, 4) is 5.75 Å². The molecule has 0 bridgehead atoms. The van der Waals surface area contributed by atoms with Crippen molar-refractivity contribution in [3.05, 3.63) is 24.3 Å². The summed E-state index contributed by atoms with van der Waals surface area (Å²) in [7, 11) is -3.92. The van der Waals surface area contributed by atoms with Gasteiger partial charge in [-0.15, -0.1) is 0 Å². The zero-order valence-corrected chi connectivity index (χ0v) is 12.8. The van der Waals surface area contributed by atoms with E-state index < -0.39 is 16.1 Å². The summed E-state index contributed by atoms with van der Waals surface area (Å²) in [6.45, 7) is 2.86. The van der Waals surface area contributed by atoms with Gasteiger partial charge in [-0.05, 0) is 38.3 Å². The van der Waals surface area contributed by atoms with Crippen molar-refractivity contribution in [2.45, 2.75) is 37.1 Å². The number of hydrogen-bond donors (Lipinski definition) is 2. The van der Waals surface area contributed by atoms with Crippen LogP contribution in [0.2, 0.25) is 0 Å². The summed E-state index contributed by atoms with van der Waals surface area (Å²) < 4.78 is 26.7. The molecule has 21 heavy (non-hydrogen) atoms. The molecule has 0 radical (unpaired) electrons. The predicted molar refractivity (Wildman–Crippen MR) is 78.3 cm³/mol. The van der Waals surface area contributed by atoms with Crippen LogP contribution < -0.4 is 4.72 Å². The maximum Gasteiger partial charge on any atom is 0.244 e. The van der Waals surface area contributed by atoms with Gasteiger partial charge in [0.05, 0.1) is 6.04 Å². The molecule has 1 atom stereocenters. The van der Waals surface area contributed by atoms with Crippen LogP contribution in [-0.4, -0.2) is 43.5 Å². The zero-order valence-electron chi connectivity index (χ0n) is 11.9. The Hall–Kier alpha value is -1.60. The van der Waals surface area contributed by atoms with Gasteiger partial charge in [0.15, 0.2) is 0 Å². The van der Waals surface area contributed by atoms with Gasteiger partial charge in [0, 0.05) is 13.1 Å². The van der Waals surface area contributed by atoms with Gasteiger partial charge in [-0.1, -0.05) is 12.1 Å². The van der Waals surface area contributed by atoms with Crippen LogP contribution in [0.25, 0.3) is 0 Å². The van der Waals surface area contributed by atoms with Crippen molar-refractivity contribution < 1.29 is 18.3 Å². The van der Waals surface area contributed by atoms with Crippen LogP contribution in [0, 0.1) is 0 Å². The van der Waals surface area contributed by atoms with Crippen LogP contribution >= 0.6 is 0 Å². The average molecular weight is 312 g/mol. The second-order valence-electron chi connectivity index (χ2n) is 5.20. The topological polar surface area (TPSA) is 86.7 Å². The third-order valence-corrected chi connectivity index (χ3v) is 5.11. The number of nitrogens with zero attached hydrogens (tertiary/aromatic N) is 1. The normalized spacial score (nSPS) is 17.5. The molecule has 1 heterocycles. The van der Waals surface area contributed by atoms with Crippen molar-refractivity contribution in [1.29, 1.82) is 0 Å². The number of benzene rings is 1. The highest BCUT2D eigenvalue weighted by atomic mass is 32.2. The molecule has 7 heteroatoms. The van der Waals surface area contributed by atoms with Crippen LogP contribution in [0.5, 0.6) is 5.75 Å². The number of nitrogens with one attached hydrogen (secondary N) is 1. The summed E-state index contributed by atoms with van der Waals surface area (Å²) in [5.41, 5.74) is 0. The van der Waals surface area contributed by atoms with Gasteiger partial charge in [-0.2, -0.15) is 4.72 Å². The number of carbonyl (C=O) groups is 1. The van der Waals surface area contributed by atoms with Crippen LogP contribution in [0.15, 0.2) is 29.2 Å². The minimum atomic E-state index is -3.92. The number of carbonyl (C=O) groups excluding carboxylic acids is 1. The van der Waals surface area contributed by atoms with E-state index in [9.17, 15) is 18.3 Å². The molecule has 0 aromatic heterocycles. The number of rotatable bonds is 4. The molecule has 0 saturated carbocycles. The van der Waals surface area contributed by atoms with Crippen molar-refractivity contribution in [3.63, 3.8) is 0 Å². The lowest BCUT2D eigenvalue weighted by Crippen LogP contribution is -2.48. The van der Waals surface area contributed by atoms with E-state index in [-0.39, 0.29) is 16.6 Å². The van der Waals surface area contributed by atoms with Gasteiger partial charge in [0.2, 0.25) is 15.9 Å². The molecule has 0 aliphatic carbocycles. The molecule has 2 N–H and O–H groups in total. The highest BCUT2D eigenvalue weighted by molar-refractivity contribution is 7.89. The number of para-hydroxylation sites is 1. The van der Waals surface area contributed by atoms with Gasteiger partial charge < -0.3 is 10.0 Å². The Morgan fingerprint density at radius 3 is 2.48 bits per heavy atom. The van der Waals surface area contributed by atoms with Crippen molar-refractivity contribution >= 4 is 15.9 Å². The quantitative estimate of drug-likeness (QED) is 0.871. The van der Waals surface area contributed by atoms with E-state index in [4.69, 9.17) is 0 Å². The predicted octanol–water partition coefficient (Wildman–Crippen LogP) is 1.07. The van der Waals surface area contributed by atoms with Crippen molar-refractivity contribution in [2.75, 3.05) is 13.1 Å². The zero-order chi connectivity index (χ0) is 15.5. The first kappa shape index (κ1) is 15.8. The Bertz CT molecular complexity index is 609. The van der Waals surface area contributed by atoms with Gasteiger partial charge in [0.25, 0.3) is 0 Å². The van der Waals surface area contributed by atoms with Crippen LogP contribution in [0.1, 0.15) is 26.2 Å².